The molecule has 1 aromatic heterocycles. The number of carbonyl (C=O) groups is 2. The van der Waals surface area contributed by atoms with Crippen LogP contribution in [0.3, 0.4) is 0 Å². The average Bonchev–Trinajstić information content (AvgIpc) is 3.20. The number of aromatic amines is 1. The lowest BCUT2D eigenvalue weighted by molar-refractivity contribution is -0.123. The van der Waals surface area contributed by atoms with Gasteiger partial charge in [-0.3, -0.25) is 25.5 Å². The molecule has 0 saturated carbocycles. The first kappa shape index (κ1) is 21.0. The summed E-state index contributed by atoms with van der Waals surface area (Å²) < 4.78 is 18.8. The maximum absolute atomic E-state index is 13.1. The Morgan fingerprint density at radius 3 is 2.57 bits per heavy atom. The number of halogens is 1. The minimum Gasteiger partial charge on any atom is -0.483 e. The Morgan fingerprint density at radius 1 is 1.13 bits per heavy atom. The van der Waals surface area contributed by atoms with Gasteiger partial charge >= 0.3 is 0 Å². The molecule has 0 radical (unpaired) electrons. The molecule has 1 heterocycles. The SMILES string of the molecule is Cc1ccc(C(C)C)c(OCC(=O)NNC(=O)c2cn[nH]c2-c2ccc(F)cc2)c1. The van der Waals surface area contributed by atoms with E-state index in [9.17, 15) is 14.0 Å². The summed E-state index contributed by atoms with van der Waals surface area (Å²) in [7, 11) is 0. The first-order chi connectivity index (χ1) is 14.3. The highest BCUT2D eigenvalue weighted by atomic mass is 19.1. The number of aromatic nitrogens is 2. The molecule has 0 spiro atoms. The number of benzene rings is 2. The molecule has 2 amide bonds. The lowest BCUT2D eigenvalue weighted by atomic mass is 10.0. The van der Waals surface area contributed by atoms with Crippen molar-refractivity contribution in [3.63, 3.8) is 0 Å². The third kappa shape index (κ3) is 5.02. The Balaban J connectivity index is 1.59. The molecule has 0 atom stereocenters. The predicted octanol–water partition coefficient (Wildman–Crippen LogP) is 3.49. The van der Waals surface area contributed by atoms with E-state index in [4.69, 9.17) is 4.74 Å². The van der Waals surface area contributed by atoms with Crippen LogP contribution < -0.4 is 15.6 Å². The number of carbonyl (C=O) groups excluding carboxylic acids is 2. The average molecular weight is 410 g/mol. The van der Waals surface area contributed by atoms with E-state index >= 15 is 0 Å². The van der Waals surface area contributed by atoms with Crippen LogP contribution in [0.4, 0.5) is 4.39 Å². The number of hydrazine groups is 1. The summed E-state index contributed by atoms with van der Waals surface area (Å²) in [5.74, 6) is -0.568. The molecule has 0 saturated heterocycles. The number of amides is 2. The van der Waals surface area contributed by atoms with Gasteiger partial charge in [0, 0.05) is 5.56 Å². The van der Waals surface area contributed by atoms with Gasteiger partial charge < -0.3 is 4.74 Å². The number of H-pyrrole nitrogens is 1. The van der Waals surface area contributed by atoms with Gasteiger partial charge in [0.1, 0.15) is 11.6 Å². The Kier molecular flexibility index (Phi) is 6.46. The van der Waals surface area contributed by atoms with Crippen LogP contribution in [0.25, 0.3) is 11.3 Å². The Labute approximate surface area is 173 Å². The standard InChI is InChI=1S/C22H23FN4O3/c1-13(2)17-9-4-14(3)10-19(17)30-12-20(28)25-27-22(29)18-11-24-26-21(18)15-5-7-16(23)8-6-15/h4-11,13H,12H2,1-3H3,(H,24,26)(H,25,28)(H,27,29). The van der Waals surface area contributed by atoms with Crippen LogP contribution in [-0.2, 0) is 4.79 Å². The van der Waals surface area contributed by atoms with Gasteiger partial charge in [0.25, 0.3) is 11.8 Å². The summed E-state index contributed by atoms with van der Waals surface area (Å²) in [6, 6.07) is 11.5. The molecule has 3 rings (SSSR count). The van der Waals surface area contributed by atoms with Crippen LogP contribution in [0, 0.1) is 12.7 Å². The lowest BCUT2D eigenvalue weighted by Crippen LogP contribution is -2.43. The van der Waals surface area contributed by atoms with Gasteiger partial charge in [-0.2, -0.15) is 5.10 Å². The number of nitrogens with zero attached hydrogens (tertiary/aromatic N) is 1. The molecule has 0 aliphatic heterocycles. The molecule has 7 nitrogen and oxygen atoms in total. The number of hydrogen-bond donors (Lipinski definition) is 3. The van der Waals surface area contributed by atoms with Gasteiger partial charge in [-0.1, -0.05) is 26.0 Å². The molecule has 156 valence electrons. The first-order valence-corrected chi connectivity index (χ1v) is 9.47. The van der Waals surface area contributed by atoms with Crippen LogP contribution in [-0.4, -0.2) is 28.6 Å². The highest BCUT2D eigenvalue weighted by molar-refractivity contribution is 6.00. The van der Waals surface area contributed by atoms with E-state index in [1.165, 1.54) is 30.5 Å². The molecule has 3 aromatic rings. The normalized spacial score (nSPS) is 10.7. The smallest absolute Gasteiger partial charge is 0.276 e. The Hall–Kier alpha value is -3.68. The van der Waals surface area contributed by atoms with Crippen molar-refractivity contribution in [2.45, 2.75) is 26.7 Å². The van der Waals surface area contributed by atoms with Gasteiger partial charge in [-0.25, -0.2) is 4.39 Å². The second-order valence-electron chi connectivity index (χ2n) is 7.15. The summed E-state index contributed by atoms with van der Waals surface area (Å²) in [6.07, 6.45) is 1.33. The molecule has 0 bridgehead atoms. The second kappa shape index (κ2) is 9.21. The molecule has 2 aromatic carbocycles. The van der Waals surface area contributed by atoms with Crippen molar-refractivity contribution in [1.82, 2.24) is 21.0 Å². The summed E-state index contributed by atoms with van der Waals surface area (Å²) in [4.78, 5) is 24.6. The van der Waals surface area contributed by atoms with Crippen LogP contribution in [0.1, 0.15) is 41.3 Å². The van der Waals surface area contributed by atoms with E-state index in [1.54, 1.807) is 0 Å². The second-order valence-corrected chi connectivity index (χ2v) is 7.15. The zero-order valence-corrected chi connectivity index (χ0v) is 17.0. The maximum Gasteiger partial charge on any atom is 0.276 e. The fraction of sp³-hybridized carbons (Fsp3) is 0.227. The van der Waals surface area contributed by atoms with E-state index in [1.807, 2.05) is 39.0 Å². The van der Waals surface area contributed by atoms with Crippen molar-refractivity contribution in [2.75, 3.05) is 6.61 Å². The van der Waals surface area contributed by atoms with Crippen molar-refractivity contribution < 1.29 is 18.7 Å². The highest BCUT2D eigenvalue weighted by Gasteiger charge is 2.16. The quantitative estimate of drug-likeness (QED) is 0.542. The van der Waals surface area contributed by atoms with Gasteiger partial charge in [-0.05, 0) is 54.3 Å². The fourth-order valence-electron chi connectivity index (χ4n) is 2.91. The monoisotopic (exact) mass is 410 g/mol. The fourth-order valence-corrected chi connectivity index (χ4v) is 2.91. The van der Waals surface area contributed by atoms with Crippen molar-refractivity contribution in [3.05, 3.63) is 71.2 Å². The van der Waals surface area contributed by atoms with Crippen LogP contribution in [0.5, 0.6) is 5.75 Å². The number of rotatable bonds is 6. The lowest BCUT2D eigenvalue weighted by Gasteiger charge is -2.15. The van der Waals surface area contributed by atoms with Crippen molar-refractivity contribution in [3.8, 4) is 17.0 Å². The molecule has 0 unspecified atom stereocenters. The first-order valence-electron chi connectivity index (χ1n) is 9.47. The molecule has 3 N–H and O–H groups in total. The van der Waals surface area contributed by atoms with Gasteiger partial charge in [0.05, 0.1) is 17.5 Å². The molecule has 0 fully saturated rings. The number of aryl methyl sites for hydroxylation is 1. The van der Waals surface area contributed by atoms with E-state index in [-0.39, 0.29) is 23.9 Å². The van der Waals surface area contributed by atoms with E-state index in [0.717, 1.165) is 11.1 Å². The van der Waals surface area contributed by atoms with Crippen molar-refractivity contribution >= 4 is 11.8 Å². The van der Waals surface area contributed by atoms with E-state index in [2.05, 4.69) is 21.0 Å². The van der Waals surface area contributed by atoms with Gasteiger partial charge in [0.2, 0.25) is 0 Å². The minimum absolute atomic E-state index is 0.212. The predicted molar refractivity (Wildman–Crippen MR) is 110 cm³/mol. The van der Waals surface area contributed by atoms with Gasteiger partial charge in [-0.15, -0.1) is 0 Å². The van der Waals surface area contributed by atoms with Crippen molar-refractivity contribution in [1.29, 1.82) is 0 Å². The zero-order valence-electron chi connectivity index (χ0n) is 17.0. The third-order valence-electron chi connectivity index (χ3n) is 4.48. The summed E-state index contributed by atoms with van der Waals surface area (Å²) in [5, 5.41) is 6.57. The highest BCUT2D eigenvalue weighted by Crippen LogP contribution is 2.27. The van der Waals surface area contributed by atoms with Gasteiger partial charge in [0.15, 0.2) is 6.61 Å². The molecule has 30 heavy (non-hydrogen) atoms. The van der Waals surface area contributed by atoms with Crippen LogP contribution >= 0.6 is 0 Å². The molecular formula is C22H23FN4O3. The zero-order chi connectivity index (χ0) is 21.7. The van der Waals surface area contributed by atoms with E-state index < -0.39 is 11.8 Å². The Bertz CT molecular complexity index is 1040. The van der Waals surface area contributed by atoms with Crippen LogP contribution in [0.15, 0.2) is 48.7 Å². The number of hydrogen-bond acceptors (Lipinski definition) is 4. The summed E-state index contributed by atoms with van der Waals surface area (Å²) in [5.41, 5.74) is 7.91. The molecular weight excluding hydrogens is 387 g/mol. The molecule has 0 aliphatic rings. The third-order valence-corrected chi connectivity index (χ3v) is 4.48. The minimum atomic E-state index is -0.560. The summed E-state index contributed by atoms with van der Waals surface area (Å²) >= 11 is 0. The van der Waals surface area contributed by atoms with Crippen LogP contribution in [0.2, 0.25) is 0 Å². The number of ether oxygens (including phenoxy) is 1. The number of nitrogens with one attached hydrogen (secondary N) is 3. The molecule has 8 heteroatoms. The summed E-state index contributed by atoms with van der Waals surface area (Å²) in [6.45, 7) is 5.78. The van der Waals surface area contributed by atoms with E-state index in [0.29, 0.717) is 17.0 Å². The Morgan fingerprint density at radius 2 is 1.87 bits per heavy atom. The maximum atomic E-state index is 13.1. The molecule has 0 aliphatic carbocycles. The largest absolute Gasteiger partial charge is 0.483 e. The topological polar surface area (TPSA) is 96.1 Å². The van der Waals surface area contributed by atoms with Crippen molar-refractivity contribution in [2.24, 2.45) is 0 Å².